The lowest BCUT2D eigenvalue weighted by molar-refractivity contribution is -0.134. The van der Waals surface area contributed by atoms with Gasteiger partial charge in [0.1, 0.15) is 0 Å². The van der Waals surface area contributed by atoms with Crippen LogP contribution in [0.15, 0.2) is 51.6 Å². The van der Waals surface area contributed by atoms with Crippen LogP contribution in [0.5, 0.6) is 11.5 Å². The van der Waals surface area contributed by atoms with E-state index in [9.17, 15) is 9.59 Å². The second kappa shape index (κ2) is 9.71. The van der Waals surface area contributed by atoms with E-state index in [4.69, 9.17) is 14.2 Å². The number of halogens is 1. The summed E-state index contributed by atoms with van der Waals surface area (Å²) in [4.78, 5) is 28.6. The molecule has 0 saturated carbocycles. The Morgan fingerprint density at radius 2 is 1.93 bits per heavy atom. The fraction of sp³-hybridized carbons (Fsp3) is 0.261. The van der Waals surface area contributed by atoms with Crippen LogP contribution in [-0.4, -0.2) is 24.4 Å². The van der Waals surface area contributed by atoms with Crippen molar-refractivity contribution in [1.29, 1.82) is 0 Å². The van der Waals surface area contributed by atoms with Crippen molar-refractivity contribution in [3.8, 4) is 11.5 Å². The molecule has 0 aromatic heterocycles. The molecule has 6 nitrogen and oxygen atoms in total. The van der Waals surface area contributed by atoms with Gasteiger partial charge in [-0.1, -0.05) is 24.6 Å². The highest BCUT2D eigenvalue weighted by Crippen LogP contribution is 2.38. The maximum atomic E-state index is 12.3. The molecule has 2 aromatic rings. The number of aryl methyl sites for hydroxylation is 1. The lowest BCUT2D eigenvalue weighted by Crippen LogP contribution is -2.09. The number of ether oxygens (including phenoxy) is 3. The van der Waals surface area contributed by atoms with Crippen molar-refractivity contribution in [3.05, 3.63) is 63.3 Å². The van der Waals surface area contributed by atoms with E-state index in [0.717, 1.165) is 11.1 Å². The van der Waals surface area contributed by atoms with Gasteiger partial charge in [0.15, 0.2) is 17.2 Å². The molecule has 30 heavy (non-hydrogen) atoms. The van der Waals surface area contributed by atoms with Crippen LogP contribution < -0.4 is 9.47 Å². The first-order valence-corrected chi connectivity index (χ1v) is 10.5. The van der Waals surface area contributed by atoms with Gasteiger partial charge in [0.25, 0.3) is 0 Å². The molecule has 1 aliphatic rings. The van der Waals surface area contributed by atoms with Crippen LogP contribution in [0.25, 0.3) is 6.08 Å². The van der Waals surface area contributed by atoms with Crippen molar-refractivity contribution < 1.29 is 23.8 Å². The first-order valence-electron chi connectivity index (χ1n) is 9.67. The topological polar surface area (TPSA) is 74.2 Å². The van der Waals surface area contributed by atoms with Gasteiger partial charge in [-0.2, -0.15) is 0 Å². The molecule has 0 radical (unpaired) electrons. The molecule has 0 saturated heterocycles. The van der Waals surface area contributed by atoms with Gasteiger partial charge in [0.05, 0.1) is 11.1 Å². The van der Waals surface area contributed by atoms with Crippen LogP contribution in [-0.2, 0) is 14.3 Å². The van der Waals surface area contributed by atoms with Gasteiger partial charge < -0.3 is 14.2 Å². The summed E-state index contributed by atoms with van der Waals surface area (Å²) in [6.45, 7) is 6.11. The summed E-state index contributed by atoms with van der Waals surface area (Å²) in [6, 6.07) is 11.0. The Labute approximate surface area is 183 Å². The number of cyclic esters (lactones) is 1. The molecule has 2 aromatic carbocycles. The lowest BCUT2D eigenvalue weighted by Gasteiger charge is -2.13. The number of aliphatic imine (C=N–C) groups is 1. The predicted octanol–water partition coefficient (Wildman–Crippen LogP) is 5.21. The quantitative estimate of drug-likeness (QED) is 0.314. The number of nitrogens with zero attached hydrogens (tertiary/aromatic N) is 1. The van der Waals surface area contributed by atoms with Crippen molar-refractivity contribution in [3.63, 3.8) is 0 Å². The van der Waals surface area contributed by atoms with E-state index in [0.29, 0.717) is 41.0 Å². The number of esters is 2. The summed E-state index contributed by atoms with van der Waals surface area (Å²) < 4.78 is 16.9. The Kier molecular flexibility index (Phi) is 7.05. The third-order valence-electron chi connectivity index (χ3n) is 4.22. The normalized spacial score (nSPS) is 14.5. The van der Waals surface area contributed by atoms with E-state index in [2.05, 4.69) is 20.9 Å². The van der Waals surface area contributed by atoms with Crippen molar-refractivity contribution in [2.75, 3.05) is 6.61 Å². The van der Waals surface area contributed by atoms with Gasteiger partial charge in [-0.3, -0.25) is 4.79 Å². The molecule has 0 N–H and O–H groups in total. The van der Waals surface area contributed by atoms with Crippen molar-refractivity contribution in [2.24, 2.45) is 4.99 Å². The van der Waals surface area contributed by atoms with Gasteiger partial charge in [-0.25, -0.2) is 9.79 Å². The van der Waals surface area contributed by atoms with Crippen LogP contribution in [0.1, 0.15) is 43.4 Å². The zero-order chi connectivity index (χ0) is 21.7. The van der Waals surface area contributed by atoms with E-state index in [1.165, 1.54) is 0 Å². The molecule has 1 aliphatic heterocycles. The van der Waals surface area contributed by atoms with Crippen molar-refractivity contribution >= 4 is 39.8 Å². The van der Waals surface area contributed by atoms with E-state index in [-0.39, 0.29) is 17.6 Å². The van der Waals surface area contributed by atoms with Gasteiger partial charge in [-0.15, -0.1) is 0 Å². The lowest BCUT2D eigenvalue weighted by atomic mass is 10.1. The monoisotopic (exact) mass is 471 g/mol. The van der Waals surface area contributed by atoms with Crippen LogP contribution in [0.3, 0.4) is 0 Å². The molecular weight excluding hydrogens is 450 g/mol. The predicted molar refractivity (Wildman–Crippen MR) is 118 cm³/mol. The zero-order valence-electron chi connectivity index (χ0n) is 17.0. The van der Waals surface area contributed by atoms with E-state index < -0.39 is 5.97 Å². The molecule has 0 fully saturated rings. The largest absolute Gasteiger partial charge is 0.490 e. The van der Waals surface area contributed by atoms with Crippen LogP contribution in [0, 0.1) is 6.92 Å². The average Bonchev–Trinajstić information content (AvgIpc) is 3.06. The average molecular weight is 472 g/mol. The SMILES string of the molecule is CCCC(=O)Oc1c(Br)cc(/C=C2\N=C(c3ccc(C)cc3)OC2=O)cc1OCC. The fourth-order valence-electron chi connectivity index (χ4n) is 2.79. The van der Waals surface area contributed by atoms with Crippen molar-refractivity contribution in [1.82, 2.24) is 0 Å². The van der Waals surface area contributed by atoms with Gasteiger partial charge >= 0.3 is 11.9 Å². The van der Waals surface area contributed by atoms with Gasteiger partial charge in [-0.05, 0) is 72.1 Å². The van der Waals surface area contributed by atoms with Crippen LogP contribution in [0.2, 0.25) is 0 Å². The van der Waals surface area contributed by atoms with Gasteiger partial charge in [0, 0.05) is 12.0 Å². The molecular formula is C23H22BrNO5. The summed E-state index contributed by atoms with van der Waals surface area (Å²) in [6.07, 6.45) is 2.61. The molecule has 0 aliphatic carbocycles. The Balaban J connectivity index is 1.93. The van der Waals surface area contributed by atoms with Crippen molar-refractivity contribution in [2.45, 2.75) is 33.6 Å². The molecule has 0 bridgehead atoms. The minimum Gasteiger partial charge on any atom is -0.490 e. The number of carbonyl (C=O) groups is 2. The second-order valence-electron chi connectivity index (χ2n) is 6.69. The molecule has 0 spiro atoms. The smallest absolute Gasteiger partial charge is 0.363 e. The molecule has 1 heterocycles. The van der Waals surface area contributed by atoms with Gasteiger partial charge in [0.2, 0.25) is 5.90 Å². The highest BCUT2D eigenvalue weighted by atomic mass is 79.9. The number of rotatable bonds is 7. The fourth-order valence-corrected chi connectivity index (χ4v) is 3.33. The third-order valence-corrected chi connectivity index (χ3v) is 4.81. The Bertz CT molecular complexity index is 1020. The Morgan fingerprint density at radius 1 is 1.20 bits per heavy atom. The highest BCUT2D eigenvalue weighted by molar-refractivity contribution is 9.10. The molecule has 0 unspecified atom stereocenters. The minimum atomic E-state index is -0.530. The Hall–Kier alpha value is -2.93. The standard InChI is InChI=1S/C23H22BrNO5/c1-4-6-20(26)29-21-17(24)11-15(13-19(21)28-5-2)12-18-23(27)30-22(25-18)16-9-7-14(3)8-10-16/h7-13H,4-6H2,1-3H3/b18-12-. The zero-order valence-corrected chi connectivity index (χ0v) is 18.6. The number of carbonyl (C=O) groups excluding carboxylic acids is 2. The first kappa shape index (κ1) is 21.8. The first-order chi connectivity index (χ1) is 14.4. The number of benzene rings is 2. The number of hydrogen-bond acceptors (Lipinski definition) is 6. The maximum absolute atomic E-state index is 12.3. The van der Waals surface area contributed by atoms with E-state index in [1.807, 2.05) is 45.0 Å². The molecule has 0 atom stereocenters. The van der Waals surface area contributed by atoms with E-state index >= 15 is 0 Å². The summed E-state index contributed by atoms with van der Waals surface area (Å²) >= 11 is 3.43. The second-order valence-corrected chi connectivity index (χ2v) is 7.54. The van der Waals surface area contributed by atoms with Crippen LogP contribution >= 0.6 is 15.9 Å². The molecule has 156 valence electrons. The summed E-state index contributed by atoms with van der Waals surface area (Å²) in [5, 5.41) is 0. The minimum absolute atomic E-state index is 0.177. The van der Waals surface area contributed by atoms with Crippen LogP contribution in [0.4, 0.5) is 0 Å². The molecule has 3 rings (SSSR count). The number of hydrogen-bond donors (Lipinski definition) is 0. The molecule has 0 amide bonds. The summed E-state index contributed by atoms with van der Waals surface area (Å²) in [5.74, 6) is 0.114. The molecule has 7 heteroatoms. The summed E-state index contributed by atoms with van der Waals surface area (Å²) in [5.41, 5.74) is 2.66. The maximum Gasteiger partial charge on any atom is 0.363 e. The van der Waals surface area contributed by atoms with E-state index in [1.54, 1.807) is 18.2 Å². The summed E-state index contributed by atoms with van der Waals surface area (Å²) in [7, 11) is 0. The Morgan fingerprint density at radius 3 is 2.60 bits per heavy atom. The highest BCUT2D eigenvalue weighted by Gasteiger charge is 2.24. The third kappa shape index (κ3) is 5.16.